The number of aromatic nitrogens is 1. The molecule has 11 nitrogen and oxygen atoms in total. The van der Waals surface area contributed by atoms with Crippen LogP contribution in [0.1, 0.15) is 10.4 Å². The Morgan fingerprint density at radius 1 is 1.35 bits per heavy atom. The van der Waals surface area contributed by atoms with Crippen LogP contribution in [0.15, 0.2) is 24.5 Å². The lowest BCUT2D eigenvalue weighted by Crippen LogP contribution is -2.34. The minimum Gasteiger partial charge on any atom is -0.387 e. The number of carbonyl (C=O) groups excluding carboxylic acids is 1. The normalized spacial score (nSPS) is 27.2. The van der Waals surface area contributed by atoms with Gasteiger partial charge in [-0.2, -0.15) is 0 Å². The molecule has 0 spiro atoms. The van der Waals surface area contributed by atoms with Crippen molar-refractivity contribution < 1.29 is 43.7 Å². The van der Waals surface area contributed by atoms with Crippen LogP contribution in [0.25, 0.3) is 0 Å². The van der Waals surface area contributed by atoms with E-state index in [1.54, 1.807) is 18.3 Å². The van der Waals surface area contributed by atoms with Gasteiger partial charge in [0.1, 0.15) is 18.3 Å². The highest BCUT2D eigenvalue weighted by molar-refractivity contribution is 7.46. The van der Waals surface area contributed by atoms with Gasteiger partial charge in [0.2, 0.25) is 5.91 Å². The highest BCUT2D eigenvalue weighted by atomic mass is 31.2. The summed E-state index contributed by atoms with van der Waals surface area (Å²) < 4.78 is 18.9. The van der Waals surface area contributed by atoms with Crippen LogP contribution in [-0.4, -0.2) is 67.2 Å². The Kier molecular flexibility index (Phi) is 7.19. The van der Waals surface area contributed by atoms with Crippen molar-refractivity contribution in [1.29, 1.82) is 0 Å². The molecule has 0 radical (unpaired) electrons. The number of nitrogens with zero attached hydrogens (tertiary/aromatic N) is 1. The van der Waals surface area contributed by atoms with E-state index in [0.29, 0.717) is 5.56 Å². The number of primary amides is 1. The predicted octanol–water partition coefficient (Wildman–Crippen LogP) is -2.28. The minimum absolute atomic E-state index is 0.442. The monoisotopic (exact) mass is 352 g/mol. The second kappa shape index (κ2) is 8.43. The molecule has 1 saturated heterocycles. The molecule has 130 valence electrons. The molecule has 2 heterocycles. The van der Waals surface area contributed by atoms with Crippen molar-refractivity contribution in [3.05, 3.63) is 30.1 Å². The Balaban J connectivity index is 0.000000253. The first-order valence-corrected chi connectivity index (χ1v) is 7.74. The third-order valence-corrected chi connectivity index (χ3v) is 3.18. The van der Waals surface area contributed by atoms with Gasteiger partial charge in [0.05, 0.1) is 12.2 Å². The van der Waals surface area contributed by atoms with Crippen LogP contribution >= 0.6 is 7.82 Å². The summed E-state index contributed by atoms with van der Waals surface area (Å²) in [5, 5.41) is 27.0. The van der Waals surface area contributed by atoms with Gasteiger partial charge in [0.25, 0.3) is 0 Å². The smallest absolute Gasteiger partial charge is 0.387 e. The van der Waals surface area contributed by atoms with Gasteiger partial charge in [-0.05, 0) is 12.1 Å². The van der Waals surface area contributed by atoms with Crippen molar-refractivity contribution in [1.82, 2.24) is 4.98 Å². The number of hydrogen-bond donors (Lipinski definition) is 6. The molecule has 2 rings (SSSR count). The summed E-state index contributed by atoms with van der Waals surface area (Å²) in [6.07, 6.45) is -2.64. The molecule has 4 atom stereocenters. The first-order valence-electron chi connectivity index (χ1n) is 6.21. The van der Waals surface area contributed by atoms with Gasteiger partial charge in [-0.1, -0.05) is 0 Å². The van der Waals surface area contributed by atoms with Crippen molar-refractivity contribution in [2.24, 2.45) is 5.73 Å². The molecule has 1 aliphatic rings. The van der Waals surface area contributed by atoms with Gasteiger partial charge in [-0.3, -0.25) is 14.3 Å². The Morgan fingerprint density at radius 2 is 2.00 bits per heavy atom. The number of carbonyl (C=O) groups is 1. The van der Waals surface area contributed by atoms with Crippen molar-refractivity contribution in [3.8, 4) is 0 Å². The lowest BCUT2D eigenvalue weighted by atomic mass is 10.1. The number of pyridine rings is 1. The van der Waals surface area contributed by atoms with E-state index in [1.165, 1.54) is 6.20 Å². The maximum atomic E-state index is 10.4. The van der Waals surface area contributed by atoms with Gasteiger partial charge in [-0.15, -0.1) is 0 Å². The van der Waals surface area contributed by atoms with Gasteiger partial charge >= 0.3 is 7.82 Å². The lowest BCUT2D eigenvalue weighted by molar-refractivity contribution is -0.132. The molecule has 12 heteroatoms. The second-order valence-electron chi connectivity index (χ2n) is 4.44. The van der Waals surface area contributed by atoms with Crippen LogP contribution in [0, 0.1) is 0 Å². The van der Waals surface area contributed by atoms with E-state index in [1.807, 2.05) is 0 Å². The van der Waals surface area contributed by atoms with E-state index in [2.05, 4.69) is 14.2 Å². The van der Waals surface area contributed by atoms with Crippen LogP contribution < -0.4 is 5.73 Å². The van der Waals surface area contributed by atoms with E-state index in [-0.39, 0.29) is 0 Å². The van der Waals surface area contributed by atoms with Crippen LogP contribution in [-0.2, 0) is 13.8 Å². The summed E-state index contributed by atoms with van der Waals surface area (Å²) >= 11 is 0. The zero-order valence-electron chi connectivity index (χ0n) is 11.7. The Morgan fingerprint density at radius 3 is 2.35 bits per heavy atom. The fourth-order valence-corrected chi connectivity index (χ4v) is 1.89. The molecule has 1 fully saturated rings. The maximum absolute atomic E-state index is 10.4. The Bertz CT molecular complexity index is 552. The van der Waals surface area contributed by atoms with E-state index < -0.39 is 44.9 Å². The highest BCUT2D eigenvalue weighted by Crippen LogP contribution is 2.36. The summed E-state index contributed by atoms with van der Waals surface area (Å²) in [5.74, 6) is -0.442. The summed E-state index contributed by atoms with van der Waals surface area (Å²) in [7, 11) is -4.64. The number of aliphatic hydroxyl groups excluding tert-OH is 3. The standard InChI is InChI=1S/C6H6N2O.C5H11O8P/c7-6(9)5-2-1-3-8-4-5;6-3-2(1-12-14(9,10)11)13-5(8)4(3)7/h1-4H,(H2,7,9);2-8H,1H2,(H2,9,10,11)/t;2-,3-,4-,5?/m.1/s1. The molecule has 0 aromatic carbocycles. The van der Waals surface area contributed by atoms with Gasteiger partial charge in [0.15, 0.2) is 6.29 Å². The summed E-state index contributed by atoms with van der Waals surface area (Å²) in [6.45, 7) is -0.612. The Labute approximate surface area is 130 Å². The number of phosphoric ester groups is 1. The molecular formula is C11H17N2O9P. The largest absolute Gasteiger partial charge is 0.469 e. The van der Waals surface area contributed by atoms with Gasteiger partial charge in [0, 0.05) is 12.4 Å². The van der Waals surface area contributed by atoms with Crippen LogP contribution in [0.5, 0.6) is 0 Å². The molecule has 0 saturated carbocycles. The number of rotatable bonds is 4. The number of nitrogens with two attached hydrogens (primary N) is 1. The topological polar surface area (TPSA) is 193 Å². The first-order chi connectivity index (χ1) is 10.6. The quantitative estimate of drug-likeness (QED) is 0.321. The molecular weight excluding hydrogens is 335 g/mol. The van der Waals surface area contributed by atoms with E-state index >= 15 is 0 Å². The van der Waals surface area contributed by atoms with Crippen molar-refractivity contribution in [2.75, 3.05) is 6.61 Å². The fourth-order valence-electron chi connectivity index (χ4n) is 1.55. The number of phosphoric acid groups is 1. The van der Waals surface area contributed by atoms with E-state index in [0.717, 1.165) is 0 Å². The molecule has 0 aliphatic carbocycles. The number of ether oxygens (including phenoxy) is 1. The molecule has 1 unspecified atom stereocenters. The summed E-state index contributed by atoms with van der Waals surface area (Å²) in [4.78, 5) is 30.7. The average Bonchev–Trinajstić information content (AvgIpc) is 2.73. The van der Waals surface area contributed by atoms with Crippen LogP contribution in [0.4, 0.5) is 0 Å². The van der Waals surface area contributed by atoms with Gasteiger partial charge in [-0.25, -0.2) is 4.57 Å². The van der Waals surface area contributed by atoms with Crippen LogP contribution in [0.2, 0.25) is 0 Å². The highest BCUT2D eigenvalue weighted by Gasteiger charge is 2.42. The van der Waals surface area contributed by atoms with Crippen molar-refractivity contribution in [2.45, 2.75) is 24.6 Å². The number of hydrogen-bond acceptors (Lipinski definition) is 8. The summed E-state index contributed by atoms with van der Waals surface area (Å²) in [6, 6.07) is 3.29. The minimum atomic E-state index is -4.64. The lowest BCUT2D eigenvalue weighted by Gasteiger charge is -2.14. The SMILES string of the molecule is NC(=O)c1cccnc1.O=P(O)(O)OC[C@H]1OC(O)[C@H](O)[C@@H]1O. The molecule has 23 heavy (non-hydrogen) atoms. The zero-order chi connectivity index (χ0) is 17.6. The molecule has 1 aromatic rings. The van der Waals surface area contributed by atoms with Crippen molar-refractivity contribution in [3.63, 3.8) is 0 Å². The Hall–Kier alpha value is -1.43. The second-order valence-corrected chi connectivity index (χ2v) is 5.68. The average molecular weight is 352 g/mol. The third-order valence-electron chi connectivity index (χ3n) is 2.69. The van der Waals surface area contributed by atoms with E-state index in [4.69, 9.17) is 30.8 Å². The third kappa shape index (κ3) is 6.69. The van der Waals surface area contributed by atoms with Crippen molar-refractivity contribution >= 4 is 13.7 Å². The number of amides is 1. The first kappa shape index (κ1) is 19.6. The number of aliphatic hydroxyl groups is 3. The molecule has 7 N–H and O–H groups in total. The summed E-state index contributed by atoms with van der Waals surface area (Å²) in [5.41, 5.74) is 5.38. The predicted molar refractivity (Wildman–Crippen MR) is 73.6 cm³/mol. The zero-order valence-corrected chi connectivity index (χ0v) is 12.6. The molecule has 1 amide bonds. The van der Waals surface area contributed by atoms with E-state index in [9.17, 15) is 9.36 Å². The fraction of sp³-hybridized carbons (Fsp3) is 0.455. The molecule has 1 aromatic heterocycles. The maximum Gasteiger partial charge on any atom is 0.469 e. The van der Waals surface area contributed by atoms with Crippen LogP contribution in [0.3, 0.4) is 0 Å². The van der Waals surface area contributed by atoms with Gasteiger partial charge < -0.3 is 35.6 Å². The molecule has 1 aliphatic heterocycles. The molecule has 0 bridgehead atoms.